The number of aromatic nitrogens is 4. The van der Waals surface area contributed by atoms with Gasteiger partial charge in [-0.3, -0.25) is 9.48 Å². The number of amides is 1. The van der Waals surface area contributed by atoms with E-state index in [2.05, 4.69) is 20.7 Å². The number of nitrogens with two attached hydrogens (primary N) is 1. The lowest BCUT2D eigenvalue weighted by atomic mass is 9.93. The van der Waals surface area contributed by atoms with Gasteiger partial charge in [0.05, 0.1) is 11.4 Å². The van der Waals surface area contributed by atoms with Crippen LogP contribution in [0.4, 0.5) is 5.95 Å². The summed E-state index contributed by atoms with van der Waals surface area (Å²) in [6.07, 6.45) is 5.53. The third-order valence-corrected chi connectivity index (χ3v) is 4.78. The number of fused-ring (bicyclic) bond motifs is 3. The van der Waals surface area contributed by atoms with Crippen molar-refractivity contribution in [3.8, 4) is 11.4 Å². The second-order valence-corrected chi connectivity index (χ2v) is 6.40. The first-order chi connectivity index (χ1) is 11.6. The fourth-order valence-electron chi connectivity index (χ4n) is 3.57. The van der Waals surface area contributed by atoms with Gasteiger partial charge in [0.1, 0.15) is 0 Å². The van der Waals surface area contributed by atoms with E-state index >= 15 is 0 Å². The van der Waals surface area contributed by atoms with Crippen LogP contribution in [0.3, 0.4) is 0 Å². The molecule has 0 spiro atoms. The zero-order valence-corrected chi connectivity index (χ0v) is 13.7. The van der Waals surface area contributed by atoms with Crippen LogP contribution in [0.5, 0.6) is 0 Å². The SMILES string of the molecule is Cn1nc(C(N)=O)c2c1-c1nc(NC3CCNCC3)ncc1CC2. The standard InChI is InChI=1S/C16H21N7O/c1-23-14-11(13(22-23)15(17)24)3-2-9-8-19-16(21-12(9)14)20-10-4-6-18-7-5-10/h8,10,18H,2-7H2,1H3,(H2,17,24)(H,19,20,21). The molecule has 0 bridgehead atoms. The molecule has 1 aliphatic heterocycles. The molecular weight excluding hydrogens is 306 g/mol. The summed E-state index contributed by atoms with van der Waals surface area (Å²) in [7, 11) is 1.82. The first kappa shape index (κ1) is 15.1. The van der Waals surface area contributed by atoms with Crippen molar-refractivity contribution >= 4 is 11.9 Å². The number of nitrogens with zero attached hydrogens (tertiary/aromatic N) is 4. The molecule has 1 fully saturated rings. The average Bonchev–Trinajstić information content (AvgIpc) is 2.93. The number of rotatable bonds is 3. The van der Waals surface area contributed by atoms with Gasteiger partial charge < -0.3 is 16.4 Å². The Balaban J connectivity index is 1.70. The minimum atomic E-state index is -0.489. The molecule has 2 aromatic rings. The van der Waals surface area contributed by atoms with Gasteiger partial charge >= 0.3 is 0 Å². The number of nitrogens with one attached hydrogen (secondary N) is 2. The largest absolute Gasteiger partial charge is 0.364 e. The van der Waals surface area contributed by atoms with Crippen LogP contribution < -0.4 is 16.4 Å². The summed E-state index contributed by atoms with van der Waals surface area (Å²) in [6.45, 7) is 2.02. The van der Waals surface area contributed by atoms with Gasteiger partial charge in [-0.15, -0.1) is 0 Å². The van der Waals surface area contributed by atoms with Crippen LogP contribution in [0.1, 0.15) is 34.5 Å². The van der Waals surface area contributed by atoms with Crippen molar-refractivity contribution in [2.24, 2.45) is 12.8 Å². The fraction of sp³-hybridized carbons (Fsp3) is 0.500. The van der Waals surface area contributed by atoms with E-state index in [1.807, 2.05) is 13.2 Å². The van der Waals surface area contributed by atoms with Gasteiger partial charge in [-0.05, 0) is 44.3 Å². The third-order valence-electron chi connectivity index (χ3n) is 4.78. The number of carbonyl (C=O) groups excluding carboxylic acids is 1. The van der Waals surface area contributed by atoms with Crippen LogP contribution in [0.15, 0.2) is 6.20 Å². The number of primary amides is 1. The van der Waals surface area contributed by atoms with Crippen LogP contribution in [-0.4, -0.2) is 44.8 Å². The Morgan fingerprint density at radius 3 is 2.92 bits per heavy atom. The van der Waals surface area contributed by atoms with E-state index in [1.165, 1.54) is 0 Å². The third kappa shape index (κ3) is 2.52. The Kier molecular flexibility index (Phi) is 3.68. The van der Waals surface area contributed by atoms with Crippen LogP contribution in [-0.2, 0) is 19.9 Å². The lowest BCUT2D eigenvalue weighted by Gasteiger charge is -2.24. The van der Waals surface area contributed by atoms with Crippen molar-refractivity contribution in [3.63, 3.8) is 0 Å². The molecule has 0 radical (unpaired) electrons. The topological polar surface area (TPSA) is 111 Å². The summed E-state index contributed by atoms with van der Waals surface area (Å²) < 4.78 is 1.70. The summed E-state index contributed by atoms with van der Waals surface area (Å²) in [5.41, 5.74) is 9.51. The van der Waals surface area contributed by atoms with Crippen molar-refractivity contribution in [2.45, 2.75) is 31.7 Å². The van der Waals surface area contributed by atoms with Gasteiger partial charge in [0, 0.05) is 24.8 Å². The summed E-state index contributed by atoms with van der Waals surface area (Å²) in [4.78, 5) is 20.8. The predicted octanol–water partition coefficient (Wildman–Crippen LogP) is 0.238. The minimum Gasteiger partial charge on any atom is -0.364 e. The molecular formula is C16H21N7O. The van der Waals surface area contributed by atoms with Crippen molar-refractivity contribution in [1.82, 2.24) is 25.1 Å². The number of hydrogen-bond donors (Lipinski definition) is 3. The van der Waals surface area contributed by atoms with Crippen molar-refractivity contribution in [3.05, 3.63) is 23.0 Å². The summed E-state index contributed by atoms with van der Waals surface area (Å²) >= 11 is 0. The highest BCUT2D eigenvalue weighted by Crippen LogP contribution is 2.33. The van der Waals surface area contributed by atoms with E-state index in [4.69, 9.17) is 10.7 Å². The maximum Gasteiger partial charge on any atom is 0.269 e. The zero-order chi connectivity index (χ0) is 16.7. The fourth-order valence-corrected chi connectivity index (χ4v) is 3.57. The Hall–Kier alpha value is -2.48. The average molecular weight is 327 g/mol. The van der Waals surface area contributed by atoms with E-state index in [9.17, 15) is 4.79 Å². The molecule has 1 aliphatic carbocycles. The van der Waals surface area contributed by atoms with E-state index in [1.54, 1.807) is 4.68 Å². The molecule has 8 heteroatoms. The summed E-state index contributed by atoms with van der Waals surface area (Å²) in [5, 5.41) is 11.1. The van der Waals surface area contributed by atoms with E-state index in [-0.39, 0.29) is 0 Å². The number of anilines is 1. The molecule has 0 saturated carbocycles. The van der Waals surface area contributed by atoms with Gasteiger partial charge in [-0.1, -0.05) is 0 Å². The lowest BCUT2D eigenvalue weighted by Crippen LogP contribution is -2.35. The van der Waals surface area contributed by atoms with Crippen molar-refractivity contribution < 1.29 is 4.79 Å². The van der Waals surface area contributed by atoms with Crippen LogP contribution >= 0.6 is 0 Å². The first-order valence-corrected chi connectivity index (χ1v) is 8.32. The molecule has 3 heterocycles. The second-order valence-electron chi connectivity index (χ2n) is 6.40. The Morgan fingerprint density at radius 2 is 2.17 bits per heavy atom. The van der Waals surface area contributed by atoms with Gasteiger partial charge in [0.15, 0.2) is 5.69 Å². The molecule has 4 N–H and O–H groups in total. The molecule has 0 unspecified atom stereocenters. The van der Waals surface area contributed by atoms with Gasteiger partial charge in [-0.25, -0.2) is 9.97 Å². The molecule has 1 amide bonds. The normalized spacial score (nSPS) is 17.2. The van der Waals surface area contributed by atoms with Gasteiger partial charge in [-0.2, -0.15) is 5.10 Å². The van der Waals surface area contributed by atoms with Crippen LogP contribution in [0.25, 0.3) is 11.4 Å². The second kappa shape index (κ2) is 5.86. The van der Waals surface area contributed by atoms with E-state index < -0.39 is 5.91 Å². The molecule has 4 rings (SSSR count). The molecule has 8 nitrogen and oxygen atoms in total. The number of aryl methyl sites for hydroxylation is 2. The highest BCUT2D eigenvalue weighted by molar-refractivity contribution is 5.94. The van der Waals surface area contributed by atoms with Gasteiger partial charge in [0.2, 0.25) is 5.95 Å². The molecule has 0 atom stereocenters. The number of piperidine rings is 1. The monoisotopic (exact) mass is 327 g/mol. The molecule has 0 aromatic carbocycles. The molecule has 24 heavy (non-hydrogen) atoms. The maximum absolute atomic E-state index is 11.6. The maximum atomic E-state index is 11.6. The van der Waals surface area contributed by atoms with E-state index in [0.29, 0.717) is 17.7 Å². The Labute approximate surface area is 139 Å². The minimum absolute atomic E-state index is 0.352. The molecule has 126 valence electrons. The quantitative estimate of drug-likeness (QED) is 0.745. The highest BCUT2D eigenvalue weighted by Gasteiger charge is 2.28. The first-order valence-electron chi connectivity index (χ1n) is 8.32. The Bertz CT molecular complexity index is 792. The van der Waals surface area contributed by atoms with Crippen LogP contribution in [0, 0.1) is 0 Å². The Morgan fingerprint density at radius 1 is 1.38 bits per heavy atom. The summed E-state index contributed by atoms with van der Waals surface area (Å²) in [6, 6.07) is 0.389. The molecule has 2 aliphatic rings. The zero-order valence-electron chi connectivity index (χ0n) is 13.7. The van der Waals surface area contributed by atoms with E-state index in [0.717, 1.165) is 61.3 Å². The van der Waals surface area contributed by atoms with Crippen LogP contribution in [0.2, 0.25) is 0 Å². The van der Waals surface area contributed by atoms with Crippen molar-refractivity contribution in [2.75, 3.05) is 18.4 Å². The summed E-state index contributed by atoms with van der Waals surface area (Å²) in [5.74, 6) is 0.146. The lowest BCUT2D eigenvalue weighted by molar-refractivity contribution is 0.0994. The van der Waals surface area contributed by atoms with Gasteiger partial charge in [0.25, 0.3) is 5.91 Å². The molecule has 2 aromatic heterocycles. The predicted molar refractivity (Wildman–Crippen MR) is 89.7 cm³/mol. The smallest absolute Gasteiger partial charge is 0.269 e. The van der Waals surface area contributed by atoms with Crippen molar-refractivity contribution in [1.29, 1.82) is 0 Å². The number of carbonyl (C=O) groups is 1. The molecule has 1 saturated heterocycles. The highest BCUT2D eigenvalue weighted by atomic mass is 16.1. The number of hydrogen-bond acceptors (Lipinski definition) is 6.